The summed E-state index contributed by atoms with van der Waals surface area (Å²) in [6.07, 6.45) is 1.88. The minimum atomic E-state index is -0.190. The Labute approximate surface area is 114 Å². The van der Waals surface area contributed by atoms with Gasteiger partial charge in [-0.25, -0.2) is 0 Å². The van der Waals surface area contributed by atoms with Crippen molar-refractivity contribution in [3.8, 4) is 6.07 Å². The monoisotopic (exact) mass is 311 g/mol. The van der Waals surface area contributed by atoms with Crippen molar-refractivity contribution in [2.24, 2.45) is 0 Å². The van der Waals surface area contributed by atoms with Gasteiger partial charge in [0.25, 0.3) is 5.56 Å². The Morgan fingerprint density at radius 3 is 2.89 bits per heavy atom. The summed E-state index contributed by atoms with van der Waals surface area (Å²) in [5.74, 6) is -0.190. The molecule has 18 heavy (non-hydrogen) atoms. The molecule has 0 aliphatic carbocycles. The van der Waals surface area contributed by atoms with Crippen LogP contribution in [0.25, 0.3) is 0 Å². The number of nitriles is 1. The van der Waals surface area contributed by atoms with Crippen LogP contribution in [-0.4, -0.2) is 29.0 Å². The molecular weight excluding hydrogens is 298 g/mol. The van der Waals surface area contributed by atoms with Gasteiger partial charge in [0.1, 0.15) is 6.54 Å². The lowest BCUT2D eigenvalue weighted by molar-refractivity contribution is -0.130. The molecule has 1 amide bonds. The molecular formula is C12H14BrN3O2. The number of aryl methyl sites for hydroxylation is 1. The third-order valence-electron chi connectivity index (χ3n) is 2.52. The van der Waals surface area contributed by atoms with E-state index in [1.165, 1.54) is 9.47 Å². The van der Waals surface area contributed by atoms with Crippen LogP contribution in [0.15, 0.2) is 21.5 Å². The number of hydrogen-bond acceptors (Lipinski definition) is 3. The Balaban J connectivity index is 2.83. The Morgan fingerprint density at radius 2 is 2.28 bits per heavy atom. The highest BCUT2D eigenvalue weighted by molar-refractivity contribution is 9.10. The number of hydrogen-bond donors (Lipinski definition) is 0. The van der Waals surface area contributed by atoms with E-state index in [2.05, 4.69) is 15.9 Å². The maximum absolute atomic E-state index is 11.8. The molecule has 1 rings (SSSR count). The maximum Gasteiger partial charge on any atom is 0.253 e. The van der Waals surface area contributed by atoms with Gasteiger partial charge in [-0.2, -0.15) is 5.26 Å². The number of halogens is 1. The van der Waals surface area contributed by atoms with E-state index >= 15 is 0 Å². The quantitative estimate of drug-likeness (QED) is 0.841. The molecule has 1 aromatic heterocycles. The molecule has 0 aromatic carbocycles. The molecule has 1 aromatic rings. The van der Waals surface area contributed by atoms with Gasteiger partial charge in [-0.05, 0) is 28.9 Å². The summed E-state index contributed by atoms with van der Waals surface area (Å²) in [7, 11) is 1.62. The van der Waals surface area contributed by atoms with Gasteiger partial charge in [-0.1, -0.05) is 0 Å². The highest BCUT2D eigenvalue weighted by Crippen LogP contribution is 2.08. The predicted octanol–water partition coefficient (Wildman–Crippen LogP) is 1.29. The fourth-order valence-corrected chi connectivity index (χ4v) is 2.06. The van der Waals surface area contributed by atoms with Crippen molar-refractivity contribution < 1.29 is 4.79 Å². The van der Waals surface area contributed by atoms with E-state index in [4.69, 9.17) is 5.26 Å². The van der Waals surface area contributed by atoms with Crippen molar-refractivity contribution in [2.45, 2.75) is 19.9 Å². The smallest absolute Gasteiger partial charge is 0.253 e. The lowest BCUT2D eigenvalue weighted by Gasteiger charge is -2.16. The van der Waals surface area contributed by atoms with Crippen LogP contribution in [0.3, 0.4) is 0 Å². The van der Waals surface area contributed by atoms with Gasteiger partial charge in [-0.3, -0.25) is 9.59 Å². The minimum absolute atomic E-state index is 0.0129. The second-order valence-corrected chi connectivity index (χ2v) is 4.91. The third kappa shape index (κ3) is 3.70. The summed E-state index contributed by atoms with van der Waals surface area (Å²) in [6, 6.07) is 3.69. The van der Waals surface area contributed by atoms with E-state index in [-0.39, 0.29) is 24.4 Å². The second kappa shape index (κ2) is 6.36. The molecule has 5 nitrogen and oxygen atoms in total. The van der Waals surface area contributed by atoms with Gasteiger partial charge in [-0.15, -0.1) is 0 Å². The number of amides is 1. The van der Waals surface area contributed by atoms with Crippen LogP contribution < -0.4 is 5.56 Å². The lowest BCUT2D eigenvalue weighted by atomic mass is 10.3. The molecule has 0 aliphatic heterocycles. The molecule has 0 N–H and O–H groups in total. The first-order chi connectivity index (χ1) is 8.45. The average molecular weight is 312 g/mol. The Hall–Kier alpha value is -1.61. The van der Waals surface area contributed by atoms with Crippen LogP contribution >= 0.6 is 15.9 Å². The van der Waals surface area contributed by atoms with Crippen LogP contribution in [0, 0.1) is 18.3 Å². The number of likely N-dealkylation sites (N-methyl/N-ethyl adjacent to an activating group) is 1. The largest absolute Gasteiger partial charge is 0.343 e. The average Bonchev–Trinajstić information content (AvgIpc) is 2.32. The molecule has 0 bridgehead atoms. The van der Waals surface area contributed by atoms with Crippen LogP contribution in [0.5, 0.6) is 0 Å². The highest BCUT2D eigenvalue weighted by Gasteiger charge is 2.11. The number of rotatable bonds is 4. The van der Waals surface area contributed by atoms with Crippen molar-refractivity contribution in [3.63, 3.8) is 0 Å². The number of pyridine rings is 1. The SMILES string of the molecule is Cc1cc(Br)cn(CC(=O)N(C)CCC#N)c1=O. The van der Waals surface area contributed by atoms with Crippen molar-refractivity contribution in [1.82, 2.24) is 9.47 Å². The fraction of sp³-hybridized carbons (Fsp3) is 0.417. The Kier molecular flexibility index (Phi) is 5.10. The standard InChI is InChI=1S/C12H14BrN3O2/c1-9-6-10(13)7-16(12(9)18)8-11(17)15(2)5-3-4-14/h6-7H,3,5,8H2,1-2H3. The summed E-state index contributed by atoms with van der Waals surface area (Å²) in [6.45, 7) is 2.06. The van der Waals surface area contributed by atoms with E-state index in [9.17, 15) is 9.59 Å². The van der Waals surface area contributed by atoms with Gasteiger partial charge in [0, 0.05) is 29.8 Å². The molecule has 0 unspecified atom stereocenters. The first-order valence-corrected chi connectivity index (χ1v) is 6.22. The fourth-order valence-electron chi connectivity index (χ4n) is 1.47. The molecule has 0 saturated heterocycles. The first-order valence-electron chi connectivity index (χ1n) is 5.43. The van der Waals surface area contributed by atoms with Gasteiger partial charge in [0.15, 0.2) is 0 Å². The summed E-state index contributed by atoms with van der Waals surface area (Å²) < 4.78 is 2.12. The van der Waals surface area contributed by atoms with Crippen LogP contribution in [0.2, 0.25) is 0 Å². The normalized spacial score (nSPS) is 9.89. The molecule has 1 heterocycles. The van der Waals surface area contributed by atoms with Gasteiger partial charge >= 0.3 is 0 Å². The van der Waals surface area contributed by atoms with Crippen LogP contribution in [0.4, 0.5) is 0 Å². The molecule has 0 saturated carbocycles. The van der Waals surface area contributed by atoms with Gasteiger partial charge in [0.05, 0.1) is 12.5 Å². The van der Waals surface area contributed by atoms with E-state index in [1.54, 1.807) is 26.2 Å². The van der Waals surface area contributed by atoms with Crippen molar-refractivity contribution in [3.05, 3.63) is 32.7 Å². The molecule has 0 atom stereocenters. The lowest BCUT2D eigenvalue weighted by Crippen LogP contribution is -2.34. The van der Waals surface area contributed by atoms with Crippen LogP contribution in [-0.2, 0) is 11.3 Å². The van der Waals surface area contributed by atoms with E-state index < -0.39 is 0 Å². The molecule has 0 aliphatic rings. The summed E-state index contributed by atoms with van der Waals surface area (Å²) in [5.41, 5.74) is 0.400. The first kappa shape index (κ1) is 14.5. The van der Waals surface area contributed by atoms with Gasteiger partial charge < -0.3 is 9.47 Å². The zero-order valence-electron chi connectivity index (χ0n) is 10.3. The number of aromatic nitrogens is 1. The molecule has 0 fully saturated rings. The third-order valence-corrected chi connectivity index (χ3v) is 2.96. The van der Waals surface area contributed by atoms with Crippen LogP contribution in [0.1, 0.15) is 12.0 Å². The summed E-state index contributed by atoms with van der Waals surface area (Å²) in [5, 5.41) is 8.45. The van der Waals surface area contributed by atoms with Gasteiger partial charge in [0.2, 0.25) is 5.91 Å². The second-order valence-electron chi connectivity index (χ2n) is 4.00. The zero-order valence-corrected chi connectivity index (χ0v) is 11.9. The molecule has 6 heteroatoms. The predicted molar refractivity (Wildman–Crippen MR) is 71.0 cm³/mol. The summed E-state index contributed by atoms with van der Waals surface area (Å²) >= 11 is 3.29. The summed E-state index contributed by atoms with van der Waals surface area (Å²) in [4.78, 5) is 25.1. The zero-order chi connectivity index (χ0) is 13.7. The van der Waals surface area contributed by atoms with Crippen molar-refractivity contribution in [1.29, 1.82) is 5.26 Å². The minimum Gasteiger partial charge on any atom is -0.343 e. The Bertz CT molecular complexity index is 545. The van der Waals surface area contributed by atoms with Crippen molar-refractivity contribution in [2.75, 3.05) is 13.6 Å². The van der Waals surface area contributed by atoms with E-state index in [0.717, 1.165) is 4.47 Å². The topological polar surface area (TPSA) is 66.1 Å². The Morgan fingerprint density at radius 1 is 1.61 bits per heavy atom. The van der Waals surface area contributed by atoms with Crippen molar-refractivity contribution >= 4 is 21.8 Å². The highest BCUT2D eigenvalue weighted by atomic mass is 79.9. The van der Waals surface area contributed by atoms with E-state index in [1.807, 2.05) is 6.07 Å². The molecule has 0 spiro atoms. The maximum atomic E-state index is 11.8. The molecule has 0 radical (unpaired) electrons. The number of carbonyl (C=O) groups is 1. The number of carbonyl (C=O) groups excluding carboxylic acids is 1. The molecule has 96 valence electrons. The van der Waals surface area contributed by atoms with E-state index in [0.29, 0.717) is 12.1 Å². The number of nitrogens with zero attached hydrogens (tertiary/aromatic N) is 3.